The van der Waals surface area contributed by atoms with E-state index in [4.69, 9.17) is 9.47 Å². The summed E-state index contributed by atoms with van der Waals surface area (Å²) in [7, 11) is 0. The molecule has 22 heavy (non-hydrogen) atoms. The van der Waals surface area contributed by atoms with Gasteiger partial charge in [0.2, 0.25) is 0 Å². The van der Waals surface area contributed by atoms with Crippen LogP contribution in [0.5, 0.6) is 11.5 Å². The molecule has 0 saturated carbocycles. The van der Waals surface area contributed by atoms with Crippen molar-refractivity contribution in [2.24, 2.45) is 0 Å². The van der Waals surface area contributed by atoms with Crippen molar-refractivity contribution in [2.75, 3.05) is 13.2 Å². The highest BCUT2D eigenvalue weighted by Crippen LogP contribution is 2.19. The molecule has 3 rings (SSSR count). The Balaban J connectivity index is 1.45. The minimum atomic E-state index is 0.489. The maximum atomic E-state index is 5.85. The Bertz CT molecular complexity index is 547. The second-order valence-corrected chi connectivity index (χ2v) is 5.70. The number of hydrogen-bond donors (Lipinski definition) is 1. The second kappa shape index (κ2) is 7.85. The fourth-order valence-corrected chi connectivity index (χ4v) is 2.64. The summed E-state index contributed by atoms with van der Waals surface area (Å²) in [5.74, 6) is 1.77. The van der Waals surface area contributed by atoms with Crippen LogP contribution >= 0.6 is 0 Å². The molecule has 3 heteroatoms. The van der Waals surface area contributed by atoms with Gasteiger partial charge in [0.25, 0.3) is 0 Å². The predicted molar refractivity (Wildman–Crippen MR) is 88.4 cm³/mol. The number of hydrogen-bond acceptors (Lipinski definition) is 3. The van der Waals surface area contributed by atoms with E-state index in [1.165, 1.54) is 24.8 Å². The summed E-state index contributed by atoms with van der Waals surface area (Å²) in [5, 5.41) is 3.49. The lowest BCUT2D eigenvalue weighted by molar-refractivity contribution is 0.238. The fourth-order valence-electron chi connectivity index (χ4n) is 2.64. The number of benzene rings is 2. The van der Waals surface area contributed by atoms with Crippen LogP contribution in [0, 0.1) is 0 Å². The van der Waals surface area contributed by atoms with Gasteiger partial charge in [-0.05, 0) is 49.2 Å². The van der Waals surface area contributed by atoms with E-state index in [2.05, 4.69) is 17.4 Å². The molecule has 1 aliphatic heterocycles. The minimum Gasteiger partial charge on any atom is -0.492 e. The largest absolute Gasteiger partial charge is 0.492 e. The SMILES string of the molecule is c1ccc(COc2ccc(OCC3CCCCN3)cc2)cc1. The number of rotatable bonds is 6. The Hall–Kier alpha value is -2.00. The van der Waals surface area contributed by atoms with E-state index in [-0.39, 0.29) is 0 Å². The summed E-state index contributed by atoms with van der Waals surface area (Å²) < 4.78 is 11.6. The summed E-state index contributed by atoms with van der Waals surface area (Å²) in [6.45, 7) is 2.44. The lowest BCUT2D eigenvalue weighted by Gasteiger charge is -2.23. The van der Waals surface area contributed by atoms with E-state index in [1.54, 1.807) is 0 Å². The summed E-state index contributed by atoms with van der Waals surface area (Å²) >= 11 is 0. The van der Waals surface area contributed by atoms with Crippen LogP contribution in [0.2, 0.25) is 0 Å². The van der Waals surface area contributed by atoms with Gasteiger partial charge in [-0.2, -0.15) is 0 Å². The molecule has 0 spiro atoms. The molecule has 1 aliphatic rings. The zero-order valence-electron chi connectivity index (χ0n) is 12.8. The van der Waals surface area contributed by atoms with Gasteiger partial charge in [-0.3, -0.25) is 0 Å². The van der Waals surface area contributed by atoms with Crippen LogP contribution < -0.4 is 14.8 Å². The molecular weight excluding hydrogens is 274 g/mol. The van der Waals surface area contributed by atoms with Crippen LogP contribution in [-0.4, -0.2) is 19.2 Å². The van der Waals surface area contributed by atoms with Crippen LogP contribution in [0.25, 0.3) is 0 Å². The van der Waals surface area contributed by atoms with E-state index < -0.39 is 0 Å². The molecule has 1 heterocycles. The molecular formula is C19H23NO2. The van der Waals surface area contributed by atoms with Gasteiger partial charge < -0.3 is 14.8 Å². The van der Waals surface area contributed by atoms with Crippen molar-refractivity contribution in [2.45, 2.75) is 31.9 Å². The molecule has 0 amide bonds. The Kier molecular flexibility index (Phi) is 5.32. The van der Waals surface area contributed by atoms with E-state index in [1.807, 2.05) is 42.5 Å². The fraction of sp³-hybridized carbons (Fsp3) is 0.368. The standard InChI is InChI=1S/C19H23NO2/c1-2-6-16(7-3-1)14-21-18-9-11-19(12-10-18)22-15-17-8-4-5-13-20-17/h1-3,6-7,9-12,17,20H,4-5,8,13-15H2. The molecule has 0 radical (unpaired) electrons. The number of ether oxygens (including phenoxy) is 2. The maximum absolute atomic E-state index is 5.85. The molecule has 1 fully saturated rings. The van der Waals surface area contributed by atoms with Crippen molar-refractivity contribution in [3.05, 3.63) is 60.2 Å². The first-order chi connectivity index (χ1) is 10.9. The van der Waals surface area contributed by atoms with Gasteiger partial charge >= 0.3 is 0 Å². The Morgan fingerprint density at radius 1 is 0.864 bits per heavy atom. The molecule has 1 saturated heterocycles. The van der Waals surface area contributed by atoms with Crippen LogP contribution in [0.15, 0.2) is 54.6 Å². The lowest BCUT2D eigenvalue weighted by Crippen LogP contribution is -2.38. The third kappa shape index (κ3) is 4.50. The topological polar surface area (TPSA) is 30.5 Å². The third-order valence-electron chi connectivity index (χ3n) is 3.94. The van der Waals surface area contributed by atoms with E-state index in [0.717, 1.165) is 24.7 Å². The van der Waals surface area contributed by atoms with Crippen molar-refractivity contribution in [3.63, 3.8) is 0 Å². The Labute approximate surface area is 132 Å². The summed E-state index contributed by atoms with van der Waals surface area (Å²) in [4.78, 5) is 0. The van der Waals surface area contributed by atoms with Crippen LogP contribution in [-0.2, 0) is 6.61 Å². The van der Waals surface area contributed by atoms with Gasteiger partial charge in [0.1, 0.15) is 24.7 Å². The van der Waals surface area contributed by atoms with Crippen molar-refractivity contribution < 1.29 is 9.47 Å². The molecule has 1 N–H and O–H groups in total. The molecule has 0 aliphatic carbocycles. The highest BCUT2D eigenvalue weighted by Gasteiger charge is 2.12. The Morgan fingerprint density at radius 3 is 2.27 bits per heavy atom. The summed E-state index contributed by atoms with van der Waals surface area (Å²) in [6, 6.07) is 18.6. The molecule has 0 aromatic heterocycles. The third-order valence-corrected chi connectivity index (χ3v) is 3.94. The average Bonchev–Trinajstić information content (AvgIpc) is 2.61. The Morgan fingerprint density at radius 2 is 1.59 bits per heavy atom. The smallest absolute Gasteiger partial charge is 0.120 e. The van der Waals surface area contributed by atoms with Gasteiger partial charge in [-0.15, -0.1) is 0 Å². The van der Waals surface area contributed by atoms with Gasteiger partial charge in [-0.1, -0.05) is 36.8 Å². The lowest BCUT2D eigenvalue weighted by atomic mass is 10.1. The van der Waals surface area contributed by atoms with Gasteiger partial charge in [0, 0.05) is 6.04 Å². The minimum absolute atomic E-state index is 0.489. The van der Waals surface area contributed by atoms with E-state index >= 15 is 0 Å². The molecule has 2 aromatic rings. The average molecular weight is 297 g/mol. The number of piperidine rings is 1. The summed E-state index contributed by atoms with van der Waals surface area (Å²) in [6.07, 6.45) is 3.79. The van der Waals surface area contributed by atoms with E-state index in [9.17, 15) is 0 Å². The zero-order valence-corrected chi connectivity index (χ0v) is 12.8. The molecule has 0 bridgehead atoms. The van der Waals surface area contributed by atoms with Crippen molar-refractivity contribution >= 4 is 0 Å². The van der Waals surface area contributed by atoms with Gasteiger partial charge in [-0.25, -0.2) is 0 Å². The highest BCUT2D eigenvalue weighted by atomic mass is 16.5. The first-order valence-corrected chi connectivity index (χ1v) is 8.03. The molecule has 116 valence electrons. The van der Waals surface area contributed by atoms with Gasteiger partial charge in [0.05, 0.1) is 0 Å². The summed E-state index contributed by atoms with van der Waals surface area (Å²) in [5.41, 5.74) is 1.17. The van der Waals surface area contributed by atoms with Crippen molar-refractivity contribution in [3.8, 4) is 11.5 Å². The first kappa shape index (κ1) is 14.9. The monoisotopic (exact) mass is 297 g/mol. The van der Waals surface area contributed by atoms with Crippen LogP contribution in [0.1, 0.15) is 24.8 Å². The molecule has 3 nitrogen and oxygen atoms in total. The zero-order chi connectivity index (χ0) is 15.0. The molecule has 1 unspecified atom stereocenters. The molecule has 2 aromatic carbocycles. The van der Waals surface area contributed by atoms with Crippen LogP contribution in [0.3, 0.4) is 0 Å². The van der Waals surface area contributed by atoms with Crippen molar-refractivity contribution in [1.29, 1.82) is 0 Å². The highest BCUT2D eigenvalue weighted by molar-refractivity contribution is 5.31. The maximum Gasteiger partial charge on any atom is 0.120 e. The second-order valence-electron chi connectivity index (χ2n) is 5.70. The predicted octanol–water partition coefficient (Wildman–Crippen LogP) is 3.79. The van der Waals surface area contributed by atoms with Crippen molar-refractivity contribution in [1.82, 2.24) is 5.32 Å². The normalized spacial score (nSPS) is 17.9. The van der Waals surface area contributed by atoms with Crippen LogP contribution in [0.4, 0.5) is 0 Å². The van der Waals surface area contributed by atoms with Gasteiger partial charge in [0.15, 0.2) is 0 Å². The number of nitrogens with one attached hydrogen (secondary N) is 1. The molecule has 1 atom stereocenters. The first-order valence-electron chi connectivity index (χ1n) is 8.03. The quantitative estimate of drug-likeness (QED) is 0.880. The van der Waals surface area contributed by atoms with E-state index in [0.29, 0.717) is 12.6 Å².